The van der Waals surface area contributed by atoms with E-state index in [0.717, 1.165) is 17.7 Å². The van der Waals surface area contributed by atoms with Crippen molar-refractivity contribution < 1.29 is 28.3 Å². The second-order valence-electron chi connectivity index (χ2n) is 7.46. The average Bonchev–Trinajstić information content (AvgIpc) is 2.94. The molecule has 0 bridgehead atoms. The molecule has 4 atom stereocenters. The van der Waals surface area contributed by atoms with Gasteiger partial charge in [-0.3, -0.25) is 14.4 Å². The van der Waals surface area contributed by atoms with Crippen LogP contribution in [0.1, 0.15) is 36.6 Å². The largest absolute Gasteiger partial charge is 0.378 e. The van der Waals surface area contributed by atoms with Crippen LogP contribution in [-0.4, -0.2) is 34.9 Å². The normalized spacial score (nSPS) is 19.9. The monoisotopic (exact) mass is 443 g/mol. The summed E-state index contributed by atoms with van der Waals surface area (Å²) in [5, 5.41) is 17.7. The first-order valence-corrected chi connectivity index (χ1v) is 10.0. The van der Waals surface area contributed by atoms with E-state index in [0.29, 0.717) is 12.5 Å². The number of aliphatic hydroxyl groups is 1. The Balaban J connectivity index is 1.58. The highest BCUT2D eigenvalue weighted by atomic mass is 19.1. The third kappa shape index (κ3) is 5.76. The number of halogens is 2. The van der Waals surface area contributed by atoms with Crippen LogP contribution >= 0.6 is 0 Å². The predicted molar refractivity (Wildman–Crippen MR) is 112 cm³/mol. The molecule has 1 aliphatic rings. The topological polar surface area (TPSA) is 108 Å². The lowest BCUT2D eigenvalue weighted by atomic mass is 10.0. The second kappa shape index (κ2) is 10.1. The Morgan fingerprint density at radius 2 is 1.75 bits per heavy atom. The molecule has 3 rings (SSSR count). The smallest absolute Gasteiger partial charge is 0.254 e. The van der Waals surface area contributed by atoms with Crippen molar-refractivity contribution in [3.8, 4) is 0 Å². The zero-order chi connectivity index (χ0) is 23.3. The molecule has 1 heterocycles. The average molecular weight is 443 g/mol. The van der Waals surface area contributed by atoms with Crippen LogP contribution in [-0.2, 0) is 14.4 Å². The van der Waals surface area contributed by atoms with E-state index < -0.39 is 47.5 Å². The fraction of sp³-hybridized carbons (Fsp3) is 0.261. The van der Waals surface area contributed by atoms with E-state index in [-0.39, 0.29) is 11.6 Å². The standard InChI is InChI=1S/C23H23F2N3O4/c1-13(26-23(32)20(29)15-10-16(24)12-17(25)11-15)21(30)28-19-9-5-8-18(27-22(19)31)14-6-3-2-4-7-14/h2-7,9-13,18-20,29H,8H2,1H3,(H,26,32)(H,27,31)(H,28,30)/t13-,18+,19-,20+/m0/s1. The first-order chi connectivity index (χ1) is 15.2. The molecule has 0 unspecified atom stereocenters. The van der Waals surface area contributed by atoms with Gasteiger partial charge in [0.05, 0.1) is 6.04 Å². The zero-order valence-electron chi connectivity index (χ0n) is 17.2. The summed E-state index contributed by atoms with van der Waals surface area (Å²) in [5.74, 6) is -3.98. The fourth-order valence-electron chi connectivity index (χ4n) is 3.30. The number of nitrogens with one attached hydrogen (secondary N) is 3. The van der Waals surface area contributed by atoms with E-state index in [1.165, 1.54) is 6.92 Å². The molecule has 7 nitrogen and oxygen atoms in total. The molecule has 2 aromatic rings. The molecular weight excluding hydrogens is 420 g/mol. The number of carbonyl (C=O) groups is 3. The van der Waals surface area contributed by atoms with Crippen LogP contribution in [0, 0.1) is 11.6 Å². The predicted octanol–water partition coefficient (Wildman–Crippen LogP) is 1.81. The molecule has 0 spiro atoms. The first-order valence-electron chi connectivity index (χ1n) is 10.0. The minimum absolute atomic E-state index is 0.235. The minimum Gasteiger partial charge on any atom is -0.378 e. The highest BCUT2D eigenvalue weighted by Crippen LogP contribution is 2.20. The van der Waals surface area contributed by atoms with E-state index in [2.05, 4.69) is 16.0 Å². The van der Waals surface area contributed by atoms with Gasteiger partial charge in [0.15, 0.2) is 6.10 Å². The molecule has 4 N–H and O–H groups in total. The summed E-state index contributed by atoms with van der Waals surface area (Å²) < 4.78 is 26.6. The van der Waals surface area contributed by atoms with Crippen molar-refractivity contribution in [3.63, 3.8) is 0 Å². The number of amides is 3. The number of rotatable bonds is 6. The number of aliphatic hydroxyl groups excluding tert-OH is 1. The van der Waals surface area contributed by atoms with Gasteiger partial charge in [-0.15, -0.1) is 0 Å². The molecule has 0 aliphatic carbocycles. The maximum Gasteiger partial charge on any atom is 0.254 e. The van der Waals surface area contributed by atoms with Crippen LogP contribution in [0.15, 0.2) is 60.7 Å². The summed E-state index contributed by atoms with van der Waals surface area (Å²) >= 11 is 0. The van der Waals surface area contributed by atoms with Crippen molar-refractivity contribution in [3.05, 3.63) is 83.4 Å². The molecule has 2 aromatic carbocycles. The first kappa shape index (κ1) is 23.1. The van der Waals surface area contributed by atoms with Gasteiger partial charge in [-0.1, -0.05) is 42.5 Å². The fourth-order valence-corrected chi connectivity index (χ4v) is 3.30. The number of hydrogen-bond acceptors (Lipinski definition) is 4. The lowest BCUT2D eigenvalue weighted by molar-refractivity contribution is -0.134. The van der Waals surface area contributed by atoms with Crippen LogP contribution in [0.4, 0.5) is 8.78 Å². The van der Waals surface area contributed by atoms with Gasteiger partial charge in [0.2, 0.25) is 11.8 Å². The molecule has 0 radical (unpaired) electrons. The molecule has 32 heavy (non-hydrogen) atoms. The van der Waals surface area contributed by atoms with Crippen LogP contribution in [0.5, 0.6) is 0 Å². The van der Waals surface area contributed by atoms with Crippen LogP contribution in [0.3, 0.4) is 0 Å². The lowest BCUT2D eigenvalue weighted by Crippen LogP contribution is -2.52. The van der Waals surface area contributed by atoms with E-state index in [1.807, 2.05) is 30.3 Å². The van der Waals surface area contributed by atoms with Crippen molar-refractivity contribution in [2.75, 3.05) is 0 Å². The molecule has 9 heteroatoms. The Morgan fingerprint density at radius 1 is 1.09 bits per heavy atom. The summed E-state index contributed by atoms with van der Waals surface area (Å²) in [6.07, 6.45) is 2.02. The van der Waals surface area contributed by atoms with Crippen LogP contribution < -0.4 is 16.0 Å². The van der Waals surface area contributed by atoms with Crippen molar-refractivity contribution in [1.29, 1.82) is 0 Å². The summed E-state index contributed by atoms with van der Waals surface area (Å²) in [5.41, 5.74) is 0.645. The third-order valence-corrected chi connectivity index (χ3v) is 5.00. The van der Waals surface area contributed by atoms with Gasteiger partial charge in [-0.2, -0.15) is 0 Å². The molecule has 0 fully saturated rings. The third-order valence-electron chi connectivity index (χ3n) is 5.00. The summed E-state index contributed by atoms with van der Waals surface area (Å²) in [6, 6.07) is 9.35. The van der Waals surface area contributed by atoms with Gasteiger partial charge in [-0.05, 0) is 36.6 Å². The van der Waals surface area contributed by atoms with Crippen molar-refractivity contribution in [1.82, 2.24) is 16.0 Å². The van der Waals surface area contributed by atoms with Crippen molar-refractivity contribution in [2.45, 2.75) is 37.6 Å². The minimum atomic E-state index is -1.87. The summed E-state index contributed by atoms with van der Waals surface area (Å²) in [7, 11) is 0. The molecule has 168 valence electrons. The quantitative estimate of drug-likeness (QED) is 0.511. The van der Waals surface area contributed by atoms with Crippen molar-refractivity contribution >= 4 is 17.7 Å². The molecule has 0 saturated carbocycles. The summed E-state index contributed by atoms with van der Waals surface area (Å²) in [6.45, 7) is 1.36. The summed E-state index contributed by atoms with van der Waals surface area (Å²) in [4.78, 5) is 37.3. The Bertz CT molecular complexity index is 1010. The molecule has 1 aliphatic heterocycles. The second-order valence-corrected chi connectivity index (χ2v) is 7.46. The Hall–Kier alpha value is -3.59. The Kier molecular flexibility index (Phi) is 7.32. The highest BCUT2D eigenvalue weighted by molar-refractivity contribution is 5.93. The van der Waals surface area contributed by atoms with Crippen LogP contribution in [0.2, 0.25) is 0 Å². The van der Waals surface area contributed by atoms with Gasteiger partial charge in [0.25, 0.3) is 5.91 Å². The van der Waals surface area contributed by atoms with Gasteiger partial charge >= 0.3 is 0 Å². The van der Waals surface area contributed by atoms with E-state index in [1.54, 1.807) is 12.2 Å². The maximum absolute atomic E-state index is 13.3. The highest BCUT2D eigenvalue weighted by Gasteiger charge is 2.28. The van der Waals surface area contributed by atoms with Gasteiger partial charge in [0, 0.05) is 6.07 Å². The molecule has 3 amide bonds. The number of hydrogen-bond donors (Lipinski definition) is 4. The van der Waals surface area contributed by atoms with Gasteiger partial charge in [0.1, 0.15) is 23.7 Å². The van der Waals surface area contributed by atoms with Gasteiger partial charge < -0.3 is 21.1 Å². The van der Waals surface area contributed by atoms with Crippen LogP contribution in [0.25, 0.3) is 0 Å². The molecular formula is C23H23F2N3O4. The van der Waals surface area contributed by atoms with E-state index >= 15 is 0 Å². The number of benzene rings is 2. The zero-order valence-corrected chi connectivity index (χ0v) is 17.2. The Labute approximate surface area is 183 Å². The van der Waals surface area contributed by atoms with Crippen molar-refractivity contribution in [2.24, 2.45) is 0 Å². The SMILES string of the molecule is C[C@H](NC(=O)[C@H](O)c1cc(F)cc(F)c1)C(=O)N[C@H]1C=CC[C@H](c2ccccc2)NC1=O. The molecule has 0 aromatic heterocycles. The van der Waals surface area contributed by atoms with E-state index in [9.17, 15) is 28.3 Å². The Morgan fingerprint density at radius 3 is 2.41 bits per heavy atom. The van der Waals surface area contributed by atoms with E-state index in [4.69, 9.17) is 0 Å². The lowest BCUT2D eigenvalue weighted by Gasteiger charge is -2.21. The number of carbonyl (C=O) groups excluding carboxylic acids is 3. The molecule has 0 saturated heterocycles. The van der Waals surface area contributed by atoms with Gasteiger partial charge in [-0.25, -0.2) is 8.78 Å². The maximum atomic E-state index is 13.3.